The van der Waals surface area contributed by atoms with Gasteiger partial charge >= 0.3 is 0 Å². The Labute approximate surface area is 157 Å². The van der Waals surface area contributed by atoms with E-state index in [9.17, 15) is 14.0 Å². The molecule has 8 heteroatoms. The Kier molecular flexibility index (Phi) is 4.41. The van der Waals surface area contributed by atoms with Gasteiger partial charge < -0.3 is 5.32 Å². The van der Waals surface area contributed by atoms with Crippen LogP contribution >= 0.6 is 11.3 Å². The lowest BCUT2D eigenvalue weighted by Gasteiger charge is -2.17. The number of benzene rings is 1. The van der Waals surface area contributed by atoms with E-state index < -0.39 is 6.04 Å². The zero-order valence-corrected chi connectivity index (χ0v) is 15.2. The Morgan fingerprint density at radius 1 is 1.26 bits per heavy atom. The van der Waals surface area contributed by atoms with E-state index in [2.05, 4.69) is 15.3 Å². The molecule has 0 aliphatic rings. The van der Waals surface area contributed by atoms with Gasteiger partial charge in [-0.2, -0.15) is 0 Å². The number of pyridine rings is 1. The molecule has 0 saturated carbocycles. The van der Waals surface area contributed by atoms with E-state index in [1.54, 1.807) is 12.3 Å². The minimum Gasteiger partial charge on any atom is -0.324 e. The smallest absolute Gasteiger partial charge is 0.272 e. The minimum absolute atomic E-state index is 0.274. The summed E-state index contributed by atoms with van der Waals surface area (Å²) in [5, 5.41) is 3.54. The van der Waals surface area contributed by atoms with Gasteiger partial charge in [-0.3, -0.25) is 14.2 Å². The highest BCUT2D eigenvalue weighted by atomic mass is 32.1. The average Bonchev–Trinajstić information content (AvgIpc) is 3.06. The van der Waals surface area contributed by atoms with Crippen molar-refractivity contribution in [2.45, 2.75) is 19.4 Å². The highest BCUT2D eigenvalue weighted by Gasteiger charge is 2.22. The zero-order valence-electron chi connectivity index (χ0n) is 14.3. The Hall–Kier alpha value is -3.13. The number of anilines is 1. The highest BCUT2D eigenvalue weighted by molar-refractivity contribution is 7.25. The molecule has 1 amide bonds. The van der Waals surface area contributed by atoms with Crippen LogP contribution in [-0.2, 0) is 4.79 Å². The van der Waals surface area contributed by atoms with Crippen molar-refractivity contribution in [1.29, 1.82) is 0 Å². The summed E-state index contributed by atoms with van der Waals surface area (Å²) in [7, 11) is 0. The number of nitrogens with zero attached hydrogens (tertiary/aromatic N) is 3. The predicted octanol–water partition coefficient (Wildman–Crippen LogP) is 3.74. The maximum Gasteiger partial charge on any atom is 0.272 e. The maximum absolute atomic E-state index is 13.0. The second-order valence-corrected chi connectivity index (χ2v) is 7.01. The number of carbonyl (C=O) groups excluding carboxylic acids is 1. The molecule has 136 valence electrons. The van der Waals surface area contributed by atoms with Crippen molar-refractivity contribution in [2.24, 2.45) is 0 Å². The van der Waals surface area contributed by atoms with E-state index in [1.807, 2.05) is 13.0 Å². The first kappa shape index (κ1) is 17.3. The van der Waals surface area contributed by atoms with Crippen LogP contribution in [0.2, 0.25) is 0 Å². The van der Waals surface area contributed by atoms with Crippen LogP contribution in [0, 0.1) is 5.82 Å². The molecule has 0 saturated heterocycles. The molecular weight excluding hydrogens is 367 g/mol. The third-order valence-corrected chi connectivity index (χ3v) is 5.41. The van der Waals surface area contributed by atoms with Crippen LogP contribution in [-0.4, -0.2) is 20.4 Å². The lowest BCUT2D eigenvalue weighted by Crippen LogP contribution is -2.33. The molecule has 0 spiro atoms. The SMILES string of the molecule is CC[C@H](C(=O)Nc1ccc(F)cc1)n1cnc2c(sc3ncccc32)c1=O. The maximum atomic E-state index is 13.0. The van der Waals surface area contributed by atoms with Crippen LogP contribution in [0.15, 0.2) is 53.7 Å². The van der Waals surface area contributed by atoms with E-state index >= 15 is 0 Å². The Bertz CT molecular complexity index is 1200. The third-order valence-electron chi connectivity index (χ3n) is 4.32. The van der Waals surface area contributed by atoms with Gasteiger partial charge in [0.1, 0.15) is 21.4 Å². The minimum atomic E-state index is -0.724. The molecule has 4 aromatic rings. The molecule has 1 atom stereocenters. The fourth-order valence-corrected chi connectivity index (χ4v) is 4.01. The van der Waals surface area contributed by atoms with Gasteiger partial charge in [0.25, 0.3) is 5.56 Å². The molecule has 0 bridgehead atoms. The van der Waals surface area contributed by atoms with Crippen LogP contribution in [0.1, 0.15) is 19.4 Å². The summed E-state index contributed by atoms with van der Waals surface area (Å²) in [6, 6.07) is 8.42. The first-order valence-corrected chi connectivity index (χ1v) is 9.21. The van der Waals surface area contributed by atoms with Crippen molar-refractivity contribution < 1.29 is 9.18 Å². The van der Waals surface area contributed by atoms with E-state index in [0.29, 0.717) is 22.3 Å². The zero-order chi connectivity index (χ0) is 19.0. The topological polar surface area (TPSA) is 76.9 Å². The summed E-state index contributed by atoms with van der Waals surface area (Å²) in [6.45, 7) is 1.82. The molecule has 3 heterocycles. The number of hydrogen-bond donors (Lipinski definition) is 1. The molecule has 3 aromatic heterocycles. The number of thiophene rings is 1. The van der Waals surface area contributed by atoms with Crippen molar-refractivity contribution in [2.75, 3.05) is 5.32 Å². The van der Waals surface area contributed by atoms with Crippen LogP contribution < -0.4 is 10.9 Å². The largest absolute Gasteiger partial charge is 0.324 e. The quantitative estimate of drug-likeness (QED) is 0.583. The molecule has 0 radical (unpaired) electrons. The van der Waals surface area contributed by atoms with E-state index in [4.69, 9.17) is 0 Å². The fraction of sp³-hybridized carbons (Fsp3) is 0.158. The van der Waals surface area contributed by atoms with E-state index in [1.165, 1.54) is 46.5 Å². The van der Waals surface area contributed by atoms with Gasteiger partial charge in [-0.25, -0.2) is 14.4 Å². The summed E-state index contributed by atoms with van der Waals surface area (Å²) < 4.78 is 14.8. The second-order valence-electron chi connectivity index (χ2n) is 6.01. The predicted molar refractivity (Wildman–Crippen MR) is 104 cm³/mol. The van der Waals surface area contributed by atoms with Gasteiger partial charge in [0, 0.05) is 17.3 Å². The summed E-state index contributed by atoms with van der Waals surface area (Å²) >= 11 is 1.27. The van der Waals surface area contributed by atoms with Gasteiger partial charge in [-0.1, -0.05) is 6.92 Å². The van der Waals surface area contributed by atoms with Gasteiger partial charge in [0.2, 0.25) is 5.91 Å². The second kappa shape index (κ2) is 6.88. The molecule has 1 N–H and O–H groups in total. The van der Waals surface area contributed by atoms with Crippen LogP contribution in [0.4, 0.5) is 10.1 Å². The summed E-state index contributed by atoms with van der Waals surface area (Å²) in [5.74, 6) is -0.740. The van der Waals surface area contributed by atoms with Crippen molar-refractivity contribution in [3.05, 3.63) is 65.1 Å². The van der Waals surface area contributed by atoms with Gasteiger partial charge in [0.05, 0.1) is 11.8 Å². The lowest BCUT2D eigenvalue weighted by atomic mass is 10.2. The van der Waals surface area contributed by atoms with E-state index in [-0.39, 0.29) is 17.3 Å². The normalized spacial score (nSPS) is 12.4. The van der Waals surface area contributed by atoms with Gasteiger partial charge in [-0.05, 0) is 42.8 Å². The van der Waals surface area contributed by atoms with Crippen molar-refractivity contribution >= 4 is 43.4 Å². The molecule has 0 aliphatic carbocycles. The molecule has 4 rings (SSSR count). The molecule has 0 fully saturated rings. The van der Waals surface area contributed by atoms with Gasteiger partial charge in [-0.15, -0.1) is 11.3 Å². The van der Waals surface area contributed by atoms with Crippen LogP contribution in [0.3, 0.4) is 0 Å². The Morgan fingerprint density at radius 3 is 2.78 bits per heavy atom. The molecule has 27 heavy (non-hydrogen) atoms. The molecule has 1 aromatic carbocycles. The van der Waals surface area contributed by atoms with Crippen LogP contribution in [0.25, 0.3) is 20.4 Å². The number of amides is 1. The average molecular weight is 382 g/mol. The van der Waals surface area contributed by atoms with Crippen molar-refractivity contribution in [1.82, 2.24) is 14.5 Å². The summed E-state index contributed by atoms with van der Waals surface area (Å²) in [6.07, 6.45) is 3.48. The Balaban J connectivity index is 1.73. The molecule has 0 aliphatic heterocycles. The number of nitrogens with one attached hydrogen (secondary N) is 1. The number of carbonyl (C=O) groups is 1. The summed E-state index contributed by atoms with van der Waals surface area (Å²) in [5.41, 5.74) is 0.787. The number of rotatable bonds is 4. The van der Waals surface area contributed by atoms with E-state index in [0.717, 1.165) is 10.2 Å². The summed E-state index contributed by atoms with van der Waals surface area (Å²) in [4.78, 5) is 35.1. The lowest BCUT2D eigenvalue weighted by molar-refractivity contribution is -0.119. The number of hydrogen-bond acceptors (Lipinski definition) is 5. The van der Waals surface area contributed by atoms with Crippen molar-refractivity contribution in [3.63, 3.8) is 0 Å². The Morgan fingerprint density at radius 2 is 2.04 bits per heavy atom. The number of halogens is 1. The van der Waals surface area contributed by atoms with Crippen molar-refractivity contribution in [3.8, 4) is 0 Å². The highest BCUT2D eigenvalue weighted by Crippen LogP contribution is 2.28. The fourth-order valence-electron chi connectivity index (χ4n) is 2.97. The first-order chi connectivity index (χ1) is 13.1. The molecule has 6 nitrogen and oxygen atoms in total. The first-order valence-electron chi connectivity index (χ1n) is 8.39. The number of aromatic nitrogens is 3. The number of fused-ring (bicyclic) bond motifs is 3. The molecule has 0 unspecified atom stereocenters. The monoisotopic (exact) mass is 382 g/mol. The van der Waals surface area contributed by atoms with Gasteiger partial charge in [0.15, 0.2) is 0 Å². The third kappa shape index (κ3) is 3.08. The standard InChI is InChI=1S/C19H15FN4O2S/c1-2-14(17(25)23-12-7-5-11(20)6-8-12)24-10-22-15-13-4-3-9-21-18(13)27-16(15)19(24)26/h3-10,14H,2H2,1H3,(H,23,25)/t14-/m1/s1. The molecular formula is C19H15FN4O2S. The van der Waals surface area contributed by atoms with Crippen LogP contribution in [0.5, 0.6) is 0 Å².